The van der Waals surface area contributed by atoms with Crippen LogP contribution in [0.5, 0.6) is 5.75 Å². The van der Waals surface area contributed by atoms with Crippen molar-refractivity contribution < 1.29 is 22.7 Å². The van der Waals surface area contributed by atoms with Crippen molar-refractivity contribution in [2.45, 2.75) is 56.6 Å². The molecular formula is C25H42N2O5S. The molecular weight excluding hydrogens is 440 g/mol. The van der Waals surface area contributed by atoms with Gasteiger partial charge in [0.25, 0.3) is 0 Å². The summed E-state index contributed by atoms with van der Waals surface area (Å²) in [7, 11) is 2.25. The Morgan fingerprint density at radius 1 is 1.18 bits per heavy atom. The van der Waals surface area contributed by atoms with Crippen molar-refractivity contribution in [3.63, 3.8) is 0 Å². The van der Waals surface area contributed by atoms with E-state index in [1.54, 1.807) is 40.0 Å². The number of carbonyl (C=O) groups excluding carboxylic acids is 1. The first-order valence-corrected chi connectivity index (χ1v) is 13.5. The lowest BCUT2D eigenvalue weighted by molar-refractivity contribution is -0.129. The van der Waals surface area contributed by atoms with Crippen LogP contribution in [-0.4, -0.2) is 89.8 Å². The Kier molecular flexibility index (Phi) is 10.8. The fourth-order valence-electron chi connectivity index (χ4n) is 4.46. The Balaban J connectivity index is 1.76. The molecule has 0 amide bonds. The van der Waals surface area contributed by atoms with E-state index in [1.165, 1.54) is 0 Å². The third-order valence-corrected chi connectivity index (χ3v) is 9.03. The van der Waals surface area contributed by atoms with E-state index < -0.39 is 15.1 Å². The molecule has 0 radical (unpaired) electrons. The number of hydrogen-bond acceptors (Lipinski definition) is 7. The number of rotatable bonds is 13. The van der Waals surface area contributed by atoms with Gasteiger partial charge >= 0.3 is 0 Å². The van der Waals surface area contributed by atoms with Crippen LogP contribution in [0.4, 0.5) is 0 Å². The molecule has 0 spiro atoms. The lowest BCUT2D eigenvalue weighted by atomic mass is 9.93. The quantitative estimate of drug-likeness (QED) is 0.400. The number of ether oxygens (including phenoxy) is 2. The number of benzene rings is 1. The molecule has 0 bridgehead atoms. The van der Waals surface area contributed by atoms with E-state index in [1.807, 2.05) is 0 Å². The van der Waals surface area contributed by atoms with E-state index >= 15 is 0 Å². The van der Waals surface area contributed by atoms with Gasteiger partial charge < -0.3 is 19.3 Å². The van der Waals surface area contributed by atoms with Gasteiger partial charge in [0.05, 0.1) is 17.3 Å². The maximum Gasteiger partial charge on any atom is 0.181 e. The predicted molar refractivity (Wildman–Crippen MR) is 132 cm³/mol. The lowest BCUT2D eigenvalue weighted by Gasteiger charge is -2.31. The Hall–Kier alpha value is -1.48. The minimum absolute atomic E-state index is 0.0563. The maximum atomic E-state index is 13.1. The normalized spacial score (nSPS) is 16.8. The molecule has 0 aromatic heterocycles. The number of methoxy groups -OCH3 is 1. The zero-order valence-electron chi connectivity index (χ0n) is 21.2. The molecule has 0 saturated carbocycles. The SMILES string of the molecule is COc1cc(C)c(S(=O)(=O)C(C)CCOCC(=O)C2CCN(CCCN(C)C)CC2)c(C)c1. The average Bonchev–Trinajstić information content (AvgIpc) is 2.75. The molecule has 33 heavy (non-hydrogen) atoms. The number of aryl methyl sites for hydroxylation is 2. The Bertz CT molecular complexity index is 854. The topological polar surface area (TPSA) is 76.2 Å². The number of Topliss-reactive ketones (excluding diaryl/α,β-unsaturated/α-hetero) is 1. The maximum absolute atomic E-state index is 13.1. The monoisotopic (exact) mass is 482 g/mol. The summed E-state index contributed by atoms with van der Waals surface area (Å²) in [4.78, 5) is 17.5. The Morgan fingerprint density at radius 2 is 1.79 bits per heavy atom. The summed E-state index contributed by atoms with van der Waals surface area (Å²) in [5.41, 5.74) is 1.37. The number of piperidine rings is 1. The van der Waals surface area contributed by atoms with Crippen molar-refractivity contribution in [1.29, 1.82) is 0 Å². The summed E-state index contributed by atoms with van der Waals surface area (Å²) in [5.74, 6) is 0.846. The molecule has 1 aliphatic rings. The molecule has 2 rings (SSSR count). The number of hydrogen-bond donors (Lipinski definition) is 0. The minimum Gasteiger partial charge on any atom is -0.497 e. The first kappa shape index (κ1) is 27.8. The van der Waals surface area contributed by atoms with Crippen LogP contribution in [0.2, 0.25) is 0 Å². The minimum atomic E-state index is -3.49. The van der Waals surface area contributed by atoms with Gasteiger partial charge in [0.15, 0.2) is 15.6 Å². The standard InChI is InChI=1S/C25H42N2O5S/c1-19-16-23(31-6)17-20(2)25(19)33(29,30)21(3)10-15-32-18-24(28)22-8-13-27(14-9-22)12-7-11-26(4)5/h16-17,21-22H,7-15,18H2,1-6H3. The van der Waals surface area contributed by atoms with Crippen LogP contribution < -0.4 is 4.74 Å². The van der Waals surface area contributed by atoms with E-state index in [0.29, 0.717) is 28.2 Å². The number of likely N-dealkylation sites (tertiary alicyclic amines) is 1. The molecule has 0 N–H and O–H groups in total. The van der Waals surface area contributed by atoms with Gasteiger partial charge in [0.1, 0.15) is 12.4 Å². The number of ketones is 1. The van der Waals surface area contributed by atoms with Crippen LogP contribution in [0.1, 0.15) is 43.7 Å². The molecule has 1 aromatic rings. The lowest BCUT2D eigenvalue weighted by Crippen LogP contribution is -2.38. The van der Waals surface area contributed by atoms with Crippen molar-refractivity contribution in [1.82, 2.24) is 9.80 Å². The summed E-state index contributed by atoms with van der Waals surface area (Å²) < 4.78 is 37.1. The van der Waals surface area contributed by atoms with Crippen molar-refractivity contribution in [3.8, 4) is 5.75 Å². The Morgan fingerprint density at radius 3 is 2.33 bits per heavy atom. The average molecular weight is 483 g/mol. The van der Waals surface area contributed by atoms with Crippen LogP contribution in [0.15, 0.2) is 17.0 Å². The zero-order chi connectivity index (χ0) is 24.6. The highest BCUT2D eigenvalue weighted by molar-refractivity contribution is 7.92. The van der Waals surface area contributed by atoms with E-state index in [9.17, 15) is 13.2 Å². The molecule has 1 aromatic carbocycles. The van der Waals surface area contributed by atoms with E-state index in [-0.39, 0.29) is 24.9 Å². The van der Waals surface area contributed by atoms with Gasteiger partial charge in [0, 0.05) is 12.5 Å². The molecule has 188 valence electrons. The van der Waals surface area contributed by atoms with E-state index in [4.69, 9.17) is 9.47 Å². The molecule has 0 aliphatic carbocycles. The predicted octanol–water partition coefficient (Wildman–Crippen LogP) is 3.11. The molecule has 1 aliphatic heterocycles. The number of nitrogens with zero attached hydrogens (tertiary/aromatic N) is 2. The first-order chi connectivity index (χ1) is 15.6. The highest BCUT2D eigenvalue weighted by atomic mass is 32.2. The van der Waals surface area contributed by atoms with Crippen molar-refractivity contribution >= 4 is 15.6 Å². The van der Waals surface area contributed by atoms with Gasteiger partial charge in [-0.2, -0.15) is 0 Å². The summed E-state index contributed by atoms with van der Waals surface area (Å²) in [6.07, 6.45) is 3.26. The number of carbonyl (C=O) groups is 1. The van der Waals surface area contributed by atoms with Crippen molar-refractivity contribution in [2.75, 3.05) is 60.6 Å². The third-order valence-electron chi connectivity index (χ3n) is 6.52. The zero-order valence-corrected chi connectivity index (χ0v) is 22.0. The van der Waals surface area contributed by atoms with Gasteiger partial charge in [-0.25, -0.2) is 8.42 Å². The second-order valence-corrected chi connectivity index (χ2v) is 11.8. The second kappa shape index (κ2) is 12.8. The van der Waals surface area contributed by atoms with Crippen LogP contribution >= 0.6 is 0 Å². The van der Waals surface area contributed by atoms with Crippen molar-refractivity contribution in [3.05, 3.63) is 23.3 Å². The molecule has 1 atom stereocenters. The molecule has 8 heteroatoms. The van der Waals surface area contributed by atoms with Crippen LogP contribution in [0.3, 0.4) is 0 Å². The largest absolute Gasteiger partial charge is 0.497 e. The van der Waals surface area contributed by atoms with E-state index in [2.05, 4.69) is 23.9 Å². The Labute approximate surface area is 200 Å². The highest BCUT2D eigenvalue weighted by Gasteiger charge is 2.28. The molecule has 1 saturated heterocycles. The van der Waals surface area contributed by atoms with Gasteiger partial charge in [-0.1, -0.05) is 0 Å². The molecule has 1 fully saturated rings. The summed E-state index contributed by atoms with van der Waals surface area (Å²) >= 11 is 0. The summed E-state index contributed by atoms with van der Waals surface area (Å²) in [5, 5.41) is -0.594. The molecule has 7 nitrogen and oxygen atoms in total. The fourth-order valence-corrected chi connectivity index (χ4v) is 6.29. The first-order valence-electron chi connectivity index (χ1n) is 11.9. The third kappa shape index (κ3) is 8.05. The molecule has 1 unspecified atom stereocenters. The van der Waals surface area contributed by atoms with Gasteiger partial charge in [-0.3, -0.25) is 4.79 Å². The smallest absolute Gasteiger partial charge is 0.181 e. The molecule has 1 heterocycles. The number of sulfone groups is 1. The summed E-state index contributed by atoms with van der Waals surface area (Å²) in [6.45, 7) is 9.68. The van der Waals surface area contributed by atoms with Crippen LogP contribution in [0, 0.1) is 19.8 Å². The van der Waals surface area contributed by atoms with Crippen LogP contribution in [0.25, 0.3) is 0 Å². The van der Waals surface area contributed by atoms with Gasteiger partial charge in [-0.15, -0.1) is 0 Å². The van der Waals surface area contributed by atoms with E-state index in [0.717, 1.165) is 45.4 Å². The van der Waals surface area contributed by atoms with Gasteiger partial charge in [-0.05, 0) is 110 Å². The van der Waals surface area contributed by atoms with Crippen LogP contribution in [-0.2, 0) is 19.4 Å². The highest BCUT2D eigenvalue weighted by Crippen LogP contribution is 2.29. The van der Waals surface area contributed by atoms with Crippen molar-refractivity contribution in [2.24, 2.45) is 5.92 Å². The fraction of sp³-hybridized carbons (Fsp3) is 0.720. The summed E-state index contributed by atoms with van der Waals surface area (Å²) in [6, 6.07) is 3.49. The van der Waals surface area contributed by atoms with Gasteiger partial charge in [0.2, 0.25) is 0 Å². The second-order valence-electron chi connectivity index (χ2n) is 9.53.